The SMILES string of the molecule is CNCC1CCN(C(=O)C(C)(C)c2cccc(Br)c2)CC1.Cl. The van der Waals surface area contributed by atoms with E-state index in [2.05, 4.69) is 21.2 Å². The summed E-state index contributed by atoms with van der Waals surface area (Å²) in [4.78, 5) is 14.9. The minimum atomic E-state index is -0.473. The molecule has 1 saturated heterocycles. The molecule has 0 unspecified atom stereocenters. The highest BCUT2D eigenvalue weighted by molar-refractivity contribution is 9.10. The topological polar surface area (TPSA) is 32.3 Å². The number of carbonyl (C=O) groups excluding carboxylic acids is 1. The Labute approximate surface area is 148 Å². The van der Waals surface area contributed by atoms with Crippen molar-refractivity contribution in [3.8, 4) is 0 Å². The van der Waals surface area contributed by atoms with Gasteiger partial charge in [0.1, 0.15) is 0 Å². The molecule has 0 spiro atoms. The molecule has 0 aromatic heterocycles. The normalized spacial score (nSPS) is 16.3. The van der Waals surface area contributed by atoms with Gasteiger partial charge in [0.2, 0.25) is 5.91 Å². The predicted molar refractivity (Wildman–Crippen MR) is 97.6 cm³/mol. The number of hydrogen-bond donors (Lipinski definition) is 1. The van der Waals surface area contributed by atoms with E-state index in [1.807, 2.05) is 50.1 Å². The maximum absolute atomic E-state index is 12.9. The van der Waals surface area contributed by atoms with Crippen LogP contribution in [0.1, 0.15) is 32.3 Å². The summed E-state index contributed by atoms with van der Waals surface area (Å²) in [5.41, 5.74) is 0.596. The van der Waals surface area contributed by atoms with Gasteiger partial charge in [0.25, 0.3) is 0 Å². The number of amides is 1. The molecule has 1 N–H and O–H groups in total. The number of nitrogens with zero attached hydrogens (tertiary/aromatic N) is 1. The van der Waals surface area contributed by atoms with Crippen LogP contribution < -0.4 is 5.32 Å². The molecule has 0 saturated carbocycles. The molecule has 1 aliphatic heterocycles. The van der Waals surface area contributed by atoms with E-state index in [0.29, 0.717) is 5.92 Å². The summed E-state index contributed by atoms with van der Waals surface area (Å²) in [6, 6.07) is 8.07. The van der Waals surface area contributed by atoms with Crippen molar-refractivity contribution in [1.82, 2.24) is 10.2 Å². The van der Waals surface area contributed by atoms with Gasteiger partial charge in [-0.25, -0.2) is 0 Å². The van der Waals surface area contributed by atoms with Crippen LogP contribution in [0.2, 0.25) is 0 Å². The zero-order valence-corrected chi connectivity index (χ0v) is 16.0. The highest BCUT2D eigenvalue weighted by Crippen LogP contribution is 2.29. The molecule has 124 valence electrons. The summed E-state index contributed by atoms with van der Waals surface area (Å²) in [5, 5.41) is 3.24. The number of carbonyl (C=O) groups is 1. The van der Waals surface area contributed by atoms with Gasteiger partial charge in [-0.3, -0.25) is 4.79 Å². The van der Waals surface area contributed by atoms with Crippen molar-refractivity contribution in [2.45, 2.75) is 32.1 Å². The molecular formula is C17H26BrClN2O. The smallest absolute Gasteiger partial charge is 0.232 e. The van der Waals surface area contributed by atoms with Gasteiger partial charge in [-0.2, -0.15) is 0 Å². The Morgan fingerprint density at radius 3 is 2.55 bits per heavy atom. The predicted octanol–water partition coefficient (Wildman–Crippen LogP) is 3.61. The first kappa shape index (κ1) is 19.5. The molecule has 2 rings (SSSR count). The van der Waals surface area contributed by atoms with Gasteiger partial charge in [-0.1, -0.05) is 28.1 Å². The molecule has 1 aliphatic rings. The third kappa shape index (κ3) is 4.46. The van der Waals surface area contributed by atoms with Crippen LogP contribution in [0.3, 0.4) is 0 Å². The highest BCUT2D eigenvalue weighted by atomic mass is 79.9. The highest BCUT2D eigenvalue weighted by Gasteiger charge is 2.35. The summed E-state index contributed by atoms with van der Waals surface area (Å²) in [6.45, 7) is 6.86. The molecular weight excluding hydrogens is 364 g/mol. The lowest BCUT2D eigenvalue weighted by Gasteiger charge is -2.37. The Hall–Kier alpha value is -0.580. The monoisotopic (exact) mass is 388 g/mol. The number of piperidine rings is 1. The number of halogens is 2. The van der Waals surface area contributed by atoms with E-state index in [1.54, 1.807) is 0 Å². The van der Waals surface area contributed by atoms with Crippen molar-refractivity contribution in [2.75, 3.05) is 26.7 Å². The van der Waals surface area contributed by atoms with Gasteiger partial charge in [-0.05, 0) is 63.9 Å². The molecule has 0 bridgehead atoms. The Kier molecular flexibility index (Phi) is 7.36. The Balaban J connectivity index is 0.00000242. The van der Waals surface area contributed by atoms with Gasteiger partial charge in [-0.15, -0.1) is 12.4 Å². The summed E-state index contributed by atoms with van der Waals surface area (Å²) in [5.74, 6) is 0.941. The molecule has 0 aliphatic carbocycles. The van der Waals surface area contributed by atoms with Gasteiger partial charge in [0, 0.05) is 17.6 Å². The fraction of sp³-hybridized carbons (Fsp3) is 0.588. The van der Waals surface area contributed by atoms with E-state index >= 15 is 0 Å². The van der Waals surface area contributed by atoms with Crippen LogP contribution in [0.15, 0.2) is 28.7 Å². The van der Waals surface area contributed by atoms with Gasteiger partial charge in [0.05, 0.1) is 5.41 Å². The van der Waals surface area contributed by atoms with Crippen LogP contribution in [0.4, 0.5) is 0 Å². The second-order valence-electron chi connectivity index (χ2n) is 6.43. The van der Waals surface area contributed by atoms with Crippen LogP contribution in [-0.4, -0.2) is 37.5 Å². The molecule has 1 amide bonds. The molecule has 1 aromatic rings. The van der Waals surface area contributed by atoms with Gasteiger partial charge < -0.3 is 10.2 Å². The lowest BCUT2D eigenvalue weighted by Crippen LogP contribution is -2.47. The first-order chi connectivity index (χ1) is 9.95. The van der Waals surface area contributed by atoms with E-state index < -0.39 is 5.41 Å². The number of hydrogen-bond acceptors (Lipinski definition) is 2. The van der Waals surface area contributed by atoms with Gasteiger partial charge >= 0.3 is 0 Å². The summed E-state index contributed by atoms with van der Waals surface area (Å²) in [6.07, 6.45) is 2.20. The third-order valence-electron chi connectivity index (χ3n) is 4.48. The summed E-state index contributed by atoms with van der Waals surface area (Å²) < 4.78 is 1.02. The Bertz CT molecular complexity index is 499. The fourth-order valence-corrected chi connectivity index (χ4v) is 3.42. The quantitative estimate of drug-likeness (QED) is 0.853. The van der Waals surface area contributed by atoms with E-state index in [4.69, 9.17) is 0 Å². The van der Waals surface area contributed by atoms with E-state index in [9.17, 15) is 4.79 Å². The zero-order valence-electron chi connectivity index (χ0n) is 13.6. The maximum Gasteiger partial charge on any atom is 0.232 e. The maximum atomic E-state index is 12.9. The number of rotatable bonds is 4. The number of benzene rings is 1. The molecule has 1 heterocycles. The minimum Gasteiger partial charge on any atom is -0.342 e. The van der Waals surface area contributed by atoms with E-state index in [0.717, 1.165) is 42.5 Å². The van der Waals surface area contributed by atoms with Crippen molar-refractivity contribution >= 4 is 34.2 Å². The Morgan fingerprint density at radius 1 is 1.36 bits per heavy atom. The molecule has 3 nitrogen and oxygen atoms in total. The first-order valence-corrected chi connectivity index (χ1v) is 8.44. The molecule has 22 heavy (non-hydrogen) atoms. The third-order valence-corrected chi connectivity index (χ3v) is 4.97. The van der Waals surface area contributed by atoms with Crippen LogP contribution in [-0.2, 0) is 10.2 Å². The molecule has 0 atom stereocenters. The van der Waals surface area contributed by atoms with Crippen LogP contribution in [0, 0.1) is 5.92 Å². The summed E-state index contributed by atoms with van der Waals surface area (Å²) >= 11 is 3.49. The average molecular weight is 390 g/mol. The summed E-state index contributed by atoms with van der Waals surface area (Å²) in [7, 11) is 1.99. The average Bonchev–Trinajstić information content (AvgIpc) is 2.47. The van der Waals surface area contributed by atoms with Gasteiger partial charge in [0.15, 0.2) is 0 Å². The van der Waals surface area contributed by atoms with Crippen LogP contribution in [0.25, 0.3) is 0 Å². The lowest BCUT2D eigenvalue weighted by atomic mass is 9.82. The van der Waals surface area contributed by atoms with Crippen molar-refractivity contribution < 1.29 is 4.79 Å². The van der Waals surface area contributed by atoms with Crippen molar-refractivity contribution in [1.29, 1.82) is 0 Å². The standard InChI is InChI=1S/C17H25BrN2O.ClH/c1-17(2,14-5-4-6-15(18)11-14)16(21)20-9-7-13(8-10-20)12-19-3;/h4-6,11,13,19H,7-10,12H2,1-3H3;1H. The fourth-order valence-electron chi connectivity index (χ4n) is 3.02. The lowest BCUT2D eigenvalue weighted by molar-refractivity contribution is -0.137. The minimum absolute atomic E-state index is 0. The van der Waals surface area contributed by atoms with Crippen LogP contribution >= 0.6 is 28.3 Å². The molecule has 1 fully saturated rings. The molecule has 5 heteroatoms. The van der Waals surface area contributed by atoms with Crippen LogP contribution in [0.5, 0.6) is 0 Å². The van der Waals surface area contributed by atoms with Crippen molar-refractivity contribution in [3.63, 3.8) is 0 Å². The van der Waals surface area contributed by atoms with E-state index in [1.165, 1.54) is 0 Å². The second kappa shape index (κ2) is 8.32. The number of likely N-dealkylation sites (tertiary alicyclic amines) is 1. The second-order valence-corrected chi connectivity index (χ2v) is 7.34. The number of nitrogens with one attached hydrogen (secondary N) is 1. The molecule has 1 aromatic carbocycles. The van der Waals surface area contributed by atoms with Crippen molar-refractivity contribution in [2.24, 2.45) is 5.92 Å². The van der Waals surface area contributed by atoms with E-state index in [-0.39, 0.29) is 18.3 Å². The largest absolute Gasteiger partial charge is 0.342 e. The molecule has 0 radical (unpaired) electrons. The Morgan fingerprint density at radius 2 is 2.00 bits per heavy atom. The first-order valence-electron chi connectivity index (χ1n) is 7.65. The zero-order chi connectivity index (χ0) is 15.5. The van der Waals surface area contributed by atoms with Crippen molar-refractivity contribution in [3.05, 3.63) is 34.3 Å².